The first-order chi connectivity index (χ1) is 7.79. The lowest BCUT2D eigenvalue weighted by Gasteiger charge is -2.05. The van der Waals surface area contributed by atoms with Crippen molar-refractivity contribution >= 4 is 5.78 Å². The fraction of sp³-hybridized carbons (Fsp3) is 0.462. The minimum Gasteiger partial charge on any atom is -0.490 e. The second-order valence-electron chi connectivity index (χ2n) is 4.16. The molecule has 86 valence electrons. The van der Waals surface area contributed by atoms with E-state index in [9.17, 15) is 4.79 Å². The Morgan fingerprint density at radius 2 is 2.00 bits per heavy atom. The summed E-state index contributed by atoms with van der Waals surface area (Å²) in [4.78, 5) is 11.7. The Balaban J connectivity index is 1.92. The van der Waals surface area contributed by atoms with Gasteiger partial charge in [-0.05, 0) is 50.1 Å². The summed E-state index contributed by atoms with van der Waals surface area (Å²) in [5.74, 6) is 1.02. The Labute approximate surface area is 95.6 Å². The Morgan fingerprint density at radius 1 is 1.31 bits per heavy atom. The van der Waals surface area contributed by atoms with Crippen molar-refractivity contribution in [2.45, 2.75) is 31.8 Å². The number of ketones is 1. The van der Waals surface area contributed by atoms with Gasteiger partial charge >= 0.3 is 0 Å². The lowest BCUT2D eigenvalue weighted by Crippen LogP contribution is -2.05. The quantitative estimate of drug-likeness (QED) is 0.746. The Hall–Kier alpha value is -1.35. The minimum atomic E-state index is 0.156. The van der Waals surface area contributed by atoms with Gasteiger partial charge in [0.2, 0.25) is 0 Å². The van der Waals surface area contributed by atoms with Crippen molar-refractivity contribution in [3.8, 4) is 5.75 Å². The van der Waals surface area contributed by atoms with Gasteiger partial charge in [0.15, 0.2) is 5.78 Å². The highest BCUT2D eigenvalue weighted by Gasteiger charge is 2.23. The van der Waals surface area contributed by atoms with Crippen LogP contribution in [0.4, 0.5) is 0 Å². The number of benzene rings is 1. The summed E-state index contributed by atoms with van der Waals surface area (Å²) < 4.78 is 5.61. The van der Waals surface area contributed by atoms with Crippen LogP contribution in [0.3, 0.4) is 0 Å². The highest BCUT2D eigenvalue weighted by Crippen LogP contribution is 2.26. The van der Waals surface area contributed by atoms with Crippen molar-refractivity contribution in [1.29, 1.82) is 0 Å². The average molecular weight is 219 g/mol. The number of rotatable bonds is 6. The van der Waals surface area contributed by atoms with Gasteiger partial charge in [-0.2, -0.15) is 0 Å². The molecule has 3 nitrogen and oxygen atoms in total. The molecule has 1 aromatic rings. The van der Waals surface area contributed by atoms with Crippen LogP contribution < -0.4 is 10.5 Å². The van der Waals surface area contributed by atoms with Gasteiger partial charge in [0.1, 0.15) is 5.75 Å². The van der Waals surface area contributed by atoms with Gasteiger partial charge in [-0.3, -0.25) is 4.79 Å². The summed E-state index contributed by atoms with van der Waals surface area (Å²) >= 11 is 0. The van der Waals surface area contributed by atoms with E-state index < -0.39 is 0 Å². The normalized spacial score (nSPS) is 14.8. The van der Waals surface area contributed by atoms with Crippen molar-refractivity contribution in [1.82, 2.24) is 0 Å². The number of hydrogen-bond acceptors (Lipinski definition) is 3. The standard InChI is InChI=1S/C13H17NO2/c14-9-1-2-13(15)10-3-5-11(6-4-10)16-12-7-8-12/h3-6,12H,1-2,7-9,14H2. The second kappa shape index (κ2) is 5.12. The molecule has 0 unspecified atom stereocenters. The highest BCUT2D eigenvalue weighted by molar-refractivity contribution is 5.96. The average Bonchev–Trinajstić information content (AvgIpc) is 3.11. The lowest BCUT2D eigenvalue weighted by molar-refractivity contribution is 0.0981. The highest BCUT2D eigenvalue weighted by atomic mass is 16.5. The van der Waals surface area contributed by atoms with E-state index in [1.54, 1.807) is 0 Å². The van der Waals surface area contributed by atoms with Crippen molar-refractivity contribution in [3.63, 3.8) is 0 Å². The van der Waals surface area contributed by atoms with E-state index in [2.05, 4.69) is 0 Å². The van der Waals surface area contributed by atoms with Crippen LogP contribution in [0.25, 0.3) is 0 Å². The maximum Gasteiger partial charge on any atom is 0.162 e. The third-order valence-corrected chi connectivity index (χ3v) is 2.61. The summed E-state index contributed by atoms with van der Waals surface area (Å²) in [5, 5.41) is 0. The number of carbonyl (C=O) groups is 1. The summed E-state index contributed by atoms with van der Waals surface area (Å²) in [7, 11) is 0. The summed E-state index contributed by atoms with van der Waals surface area (Å²) in [5.41, 5.74) is 6.12. The van der Waals surface area contributed by atoms with Crippen molar-refractivity contribution < 1.29 is 9.53 Å². The SMILES string of the molecule is NCCCC(=O)c1ccc(OC2CC2)cc1. The third kappa shape index (κ3) is 3.07. The zero-order valence-corrected chi connectivity index (χ0v) is 9.32. The monoisotopic (exact) mass is 219 g/mol. The van der Waals surface area contributed by atoms with Crippen LogP contribution in [0.2, 0.25) is 0 Å². The predicted octanol–water partition coefficient (Wildman–Crippen LogP) is 2.15. The molecule has 2 N–H and O–H groups in total. The molecule has 1 aliphatic carbocycles. The number of ether oxygens (including phenoxy) is 1. The molecule has 0 aromatic heterocycles. The van der Waals surface area contributed by atoms with Gasteiger partial charge in [-0.25, -0.2) is 0 Å². The fourth-order valence-electron chi connectivity index (χ4n) is 1.50. The zero-order chi connectivity index (χ0) is 11.4. The van der Waals surface area contributed by atoms with Crippen LogP contribution in [0.5, 0.6) is 5.75 Å². The van der Waals surface area contributed by atoms with Gasteiger partial charge in [-0.1, -0.05) is 0 Å². The molecule has 1 aromatic carbocycles. The zero-order valence-electron chi connectivity index (χ0n) is 9.32. The first kappa shape index (κ1) is 11.1. The maximum absolute atomic E-state index is 11.7. The molecule has 2 rings (SSSR count). The molecular formula is C13H17NO2. The Morgan fingerprint density at radius 3 is 2.56 bits per heavy atom. The van der Waals surface area contributed by atoms with E-state index in [1.807, 2.05) is 24.3 Å². The van der Waals surface area contributed by atoms with E-state index in [4.69, 9.17) is 10.5 Å². The van der Waals surface area contributed by atoms with Gasteiger partial charge in [0, 0.05) is 12.0 Å². The molecule has 0 saturated heterocycles. The van der Waals surface area contributed by atoms with Gasteiger partial charge in [0.05, 0.1) is 6.10 Å². The van der Waals surface area contributed by atoms with E-state index in [0.717, 1.165) is 30.6 Å². The van der Waals surface area contributed by atoms with Crippen LogP contribution in [0.15, 0.2) is 24.3 Å². The Kier molecular flexibility index (Phi) is 3.57. The predicted molar refractivity (Wildman–Crippen MR) is 62.7 cm³/mol. The van der Waals surface area contributed by atoms with Crippen LogP contribution in [0.1, 0.15) is 36.0 Å². The van der Waals surface area contributed by atoms with Gasteiger partial charge in [-0.15, -0.1) is 0 Å². The number of hydrogen-bond donors (Lipinski definition) is 1. The van der Waals surface area contributed by atoms with Crippen LogP contribution in [-0.2, 0) is 0 Å². The van der Waals surface area contributed by atoms with Crippen molar-refractivity contribution in [2.75, 3.05) is 6.54 Å². The fourth-order valence-corrected chi connectivity index (χ4v) is 1.50. The van der Waals surface area contributed by atoms with E-state index >= 15 is 0 Å². The number of carbonyl (C=O) groups excluding carboxylic acids is 1. The smallest absolute Gasteiger partial charge is 0.162 e. The molecule has 0 atom stereocenters. The molecule has 1 fully saturated rings. The summed E-state index contributed by atoms with van der Waals surface area (Å²) in [6.45, 7) is 0.564. The van der Waals surface area contributed by atoms with Crippen LogP contribution >= 0.6 is 0 Å². The minimum absolute atomic E-state index is 0.156. The summed E-state index contributed by atoms with van der Waals surface area (Å²) in [6.07, 6.45) is 3.98. The molecule has 16 heavy (non-hydrogen) atoms. The molecule has 0 amide bonds. The molecule has 0 radical (unpaired) electrons. The first-order valence-electron chi connectivity index (χ1n) is 5.79. The maximum atomic E-state index is 11.7. The molecule has 0 spiro atoms. The van der Waals surface area contributed by atoms with Gasteiger partial charge < -0.3 is 10.5 Å². The molecular weight excluding hydrogens is 202 g/mol. The lowest BCUT2D eigenvalue weighted by atomic mass is 10.1. The summed E-state index contributed by atoms with van der Waals surface area (Å²) in [6, 6.07) is 7.40. The molecule has 1 aliphatic rings. The van der Waals surface area contributed by atoms with E-state index in [0.29, 0.717) is 19.1 Å². The van der Waals surface area contributed by atoms with Gasteiger partial charge in [0.25, 0.3) is 0 Å². The second-order valence-corrected chi connectivity index (χ2v) is 4.16. The van der Waals surface area contributed by atoms with Crippen LogP contribution in [-0.4, -0.2) is 18.4 Å². The molecule has 0 heterocycles. The molecule has 0 bridgehead atoms. The topological polar surface area (TPSA) is 52.3 Å². The molecule has 0 aliphatic heterocycles. The van der Waals surface area contributed by atoms with E-state index in [-0.39, 0.29) is 5.78 Å². The first-order valence-corrected chi connectivity index (χ1v) is 5.79. The van der Waals surface area contributed by atoms with E-state index in [1.165, 1.54) is 0 Å². The van der Waals surface area contributed by atoms with Crippen molar-refractivity contribution in [3.05, 3.63) is 29.8 Å². The third-order valence-electron chi connectivity index (χ3n) is 2.61. The number of Topliss-reactive ketones (excluding diaryl/α,β-unsaturated/α-hetero) is 1. The molecule has 3 heteroatoms. The van der Waals surface area contributed by atoms with Crippen molar-refractivity contribution in [2.24, 2.45) is 5.73 Å². The molecule has 1 saturated carbocycles. The van der Waals surface area contributed by atoms with Crippen LogP contribution in [0, 0.1) is 0 Å². The largest absolute Gasteiger partial charge is 0.490 e. The Bertz CT molecular complexity index is 355. The number of nitrogens with two attached hydrogens (primary N) is 1.